The second kappa shape index (κ2) is 9.11. The van der Waals surface area contributed by atoms with Crippen LogP contribution in [0.5, 0.6) is 0 Å². The van der Waals surface area contributed by atoms with Crippen LogP contribution in [0.2, 0.25) is 0 Å². The number of aryl methyl sites for hydroxylation is 1. The minimum atomic E-state index is -0.00360. The van der Waals surface area contributed by atoms with Crippen molar-refractivity contribution in [2.75, 3.05) is 25.6 Å². The first-order valence-electron chi connectivity index (χ1n) is 7.80. The van der Waals surface area contributed by atoms with E-state index < -0.39 is 0 Å². The standard InChI is InChI=1S/C16H22N6O2.HI/c1-11-4-3-5-12(6-11)19-16(17)18-7-13-8-22(21-20-13)14-9-24-10-15(14)23-2;/h3-6,8,14-15H,7,9-10H2,1-2H3,(H3,17,18,19);1H/t14-,15-;/m1./s1. The number of guanidine groups is 1. The molecule has 1 aromatic heterocycles. The molecular formula is C16H23IN6O2. The molecule has 2 aromatic rings. The maximum atomic E-state index is 5.92. The Hall–Kier alpha value is -1.72. The Morgan fingerprint density at radius 3 is 3.08 bits per heavy atom. The third-order valence-electron chi connectivity index (χ3n) is 3.90. The van der Waals surface area contributed by atoms with E-state index in [0.29, 0.717) is 25.7 Å². The van der Waals surface area contributed by atoms with E-state index in [9.17, 15) is 0 Å². The van der Waals surface area contributed by atoms with Gasteiger partial charge in [-0.1, -0.05) is 17.3 Å². The number of halogens is 1. The van der Waals surface area contributed by atoms with Crippen LogP contribution in [0.25, 0.3) is 0 Å². The lowest BCUT2D eigenvalue weighted by Crippen LogP contribution is -2.24. The highest BCUT2D eigenvalue weighted by Crippen LogP contribution is 2.21. The molecule has 0 amide bonds. The second-order valence-corrected chi connectivity index (χ2v) is 5.76. The van der Waals surface area contributed by atoms with Crippen LogP contribution >= 0.6 is 24.0 Å². The largest absolute Gasteiger partial charge is 0.377 e. The molecule has 8 nitrogen and oxygen atoms in total. The van der Waals surface area contributed by atoms with E-state index in [-0.39, 0.29) is 36.1 Å². The van der Waals surface area contributed by atoms with Gasteiger partial charge in [-0.2, -0.15) is 0 Å². The van der Waals surface area contributed by atoms with E-state index >= 15 is 0 Å². The van der Waals surface area contributed by atoms with Crippen molar-refractivity contribution in [1.82, 2.24) is 15.0 Å². The zero-order valence-corrected chi connectivity index (χ0v) is 16.6. The molecule has 9 heteroatoms. The lowest BCUT2D eigenvalue weighted by atomic mass is 10.2. The number of hydrogen-bond acceptors (Lipinski definition) is 5. The molecule has 2 heterocycles. The number of aliphatic imine (C=N–C) groups is 1. The van der Waals surface area contributed by atoms with Crippen LogP contribution in [-0.2, 0) is 16.0 Å². The minimum absolute atomic E-state index is 0. The Labute approximate surface area is 163 Å². The summed E-state index contributed by atoms with van der Waals surface area (Å²) in [4.78, 5) is 4.30. The van der Waals surface area contributed by atoms with E-state index in [1.54, 1.807) is 11.8 Å². The van der Waals surface area contributed by atoms with E-state index in [1.807, 2.05) is 37.4 Å². The number of hydrogen-bond donors (Lipinski definition) is 2. The molecule has 3 rings (SSSR count). The summed E-state index contributed by atoms with van der Waals surface area (Å²) in [7, 11) is 1.67. The molecule has 1 aliphatic rings. The monoisotopic (exact) mass is 458 g/mol. The summed E-state index contributed by atoms with van der Waals surface area (Å²) in [6.45, 7) is 3.52. The van der Waals surface area contributed by atoms with Gasteiger partial charge in [0.25, 0.3) is 0 Å². The molecule has 1 aliphatic heterocycles. The highest BCUT2D eigenvalue weighted by atomic mass is 127. The molecule has 3 N–H and O–H groups in total. The van der Waals surface area contributed by atoms with Crippen LogP contribution in [-0.4, -0.2) is 47.4 Å². The van der Waals surface area contributed by atoms with Crippen LogP contribution in [0.4, 0.5) is 5.69 Å². The normalized spacial score (nSPS) is 20.3. The Morgan fingerprint density at radius 2 is 2.32 bits per heavy atom. The number of methoxy groups -OCH3 is 1. The predicted octanol–water partition coefficient (Wildman–Crippen LogP) is 1.72. The van der Waals surface area contributed by atoms with E-state index in [4.69, 9.17) is 15.2 Å². The average molecular weight is 458 g/mol. The molecule has 1 aromatic carbocycles. The van der Waals surface area contributed by atoms with Gasteiger partial charge in [-0.05, 0) is 24.6 Å². The summed E-state index contributed by atoms with van der Waals surface area (Å²) in [6, 6.07) is 7.98. The zero-order valence-electron chi connectivity index (χ0n) is 14.3. The maximum absolute atomic E-state index is 5.92. The molecule has 0 spiro atoms. The molecule has 25 heavy (non-hydrogen) atoms. The summed E-state index contributed by atoms with van der Waals surface area (Å²) < 4.78 is 12.6. The number of ether oxygens (including phenoxy) is 2. The van der Waals surface area contributed by atoms with Gasteiger partial charge in [0.1, 0.15) is 17.8 Å². The van der Waals surface area contributed by atoms with Gasteiger partial charge < -0.3 is 20.5 Å². The first-order chi connectivity index (χ1) is 11.7. The van der Waals surface area contributed by atoms with Gasteiger partial charge in [0, 0.05) is 12.8 Å². The Bertz CT molecular complexity index is 720. The summed E-state index contributed by atoms with van der Waals surface area (Å²) in [5.41, 5.74) is 8.72. The molecule has 0 bridgehead atoms. The fourth-order valence-corrected chi connectivity index (χ4v) is 2.62. The highest BCUT2D eigenvalue weighted by molar-refractivity contribution is 14.0. The van der Waals surface area contributed by atoms with Crippen LogP contribution in [0.1, 0.15) is 17.3 Å². The Morgan fingerprint density at radius 1 is 1.48 bits per heavy atom. The van der Waals surface area contributed by atoms with Gasteiger partial charge in [0.2, 0.25) is 0 Å². The number of nitrogens with two attached hydrogens (primary N) is 1. The molecule has 136 valence electrons. The maximum Gasteiger partial charge on any atom is 0.193 e. The van der Waals surface area contributed by atoms with Crippen molar-refractivity contribution in [3.63, 3.8) is 0 Å². The number of anilines is 1. The quantitative estimate of drug-likeness (QED) is 0.402. The van der Waals surface area contributed by atoms with Gasteiger partial charge in [-0.3, -0.25) is 0 Å². The average Bonchev–Trinajstić information content (AvgIpc) is 3.21. The first-order valence-corrected chi connectivity index (χ1v) is 7.80. The summed E-state index contributed by atoms with van der Waals surface area (Å²) >= 11 is 0. The van der Waals surface area contributed by atoms with Gasteiger partial charge in [0.05, 0.1) is 26.0 Å². The van der Waals surface area contributed by atoms with Crippen molar-refractivity contribution >= 4 is 35.6 Å². The fourth-order valence-electron chi connectivity index (χ4n) is 2.62. The second-order valence-electron chi connectivity index (χ2n) is 5.76. The smallest absolute Gasteiger partial charge is 0.193 e. The molecule has 2 atom stereocenters. The van der Waals surface area contributed by atoms with Gasteiger partial charge in [-0.15, -0.1) is 29.1 Å². The number of rotatable bonds is 5. The van der Waals surface area contributed by atoms with Crippen molar-refractivity contribution in [2.24, 2.45) is 10.7 Å². The first kappa shape index (κ1) is 19.6. The van der Waals surface area contributed by atoms with E-state index in [2.05, 4.69) is 20.6 Å². The molecule has 1 fully saturated rings. The Kier molecular flexibility index (Phi) is 7.14. The van der Waals surface area contributed by atoms with Gasteiger partial charge in [0.15, 0.2) is 5.96 Å². The molecule has 0 radical (unpaired) electrons. The third-order valence-corrected chi connectivity index (χ3v) is 3.90. The van der Waals surface area contributed by atoms with Gasteiger partial charge >= 0.3 is 0 Å². The van der Waals surface area contributed by atoms with E-state index in [0.717, 1.165) is 16.9 Å². The third kappa shape index (κ3) is 5.13. The summed E-state index contributed by atoms with van der Waals surface area (Å²) in [5, 5.41) is 11.3. The van der Waals surface area contributed by atoms with Crippen LogP contribution in [0.15, 0.2) is 35.5 Å². The van der Waals surface area contributed by atoms with Crippen molar-refractivity contribution < 1.29 is 9.47 Å². The van der Waals surface area contributed by atoms with Gasteiger partial charge in [-0.25, -0.2) is 9.67 Å². The van der Waals surface area contributed by atoms with Crippen molar-refractivity contribution in [3.05, 3.63) is 41.7 Å². The van der Waals surface area contributed by atoms with Crippen LogP contribution < -0.4 is 11.1 Å². The topological polar surface area (TPSA) is 99.6 Å². The number of aromatic nitrogens is 3. The van der Waals surface area contributed by atoms with Crippen molar-refractivity contribution in [1.29, 1.82) is 0 Å². The van der Waals surface area contributed by atoms with Crippen molar-refractivity contribution in [3.8, 4) is 0 Å². The molecular weight excluding hydrogens is 435 g/mol. The fraction of sp³-hybridized carbons (Fsp3) is 0.438. The van der Waals surface area contributed by atoms with Crippen molar-refractivity contribution in [2.45, 2.75) is 25.6 Å². The van der Waals surface area contributed by atoms with E-state index in [1.165, 1.54) is 0 Å². The number of nitrogens with one attached hydrogen (secondary N) is 1. The predicted molar refractivity (Wildman–Crippen MR) is 106 cm³/mol. The number of benzene rings is 1. The summed E-state index contributed by atoms with van der Waals surface area (Å²) in [5.74, 6) is 0.342. The lowest BCUT2D eigenvalue weighted by molar-refractivity contribution is 0.0661. The molecule has 0 aliphatic carbocycles. The molecule has 0 unspecified atom stereocenters. The molecule has 0 saturated carbocycles. The van der Waals surface area contributed by atoms with Crippen LogP contribution in [0, 0.1) is 6.92 Å². The lowest BCUT2D eigenvalue weighted by Gasteiger charge is -2.15. The SMILES string of the molecule is CO[C@@H]1COC[C@H]1n1cc(CN=C(N)Nc2cccc(C)c2)nn1.I. The Balaban J connectivity index is 0.00000225. The molecule has 1 saturated heterocycles. The minimum Gasteiger partial charge on any atom is -0.377 e. The van der Waals surface area contributed by atoms with Crippen LogP contribution in [0.3, 0.4) is 0 Å². The summed E-state index contributed by atoms with van der Waals surface area (Å²) in [6.07, 6.45) is 1.85. The zero-order chi connectivity index (χ0) is 16.9. The number of nitrogens with zero attached hydrogens (tertiary/aromatic N) is 4. The highest BCUT2D eigenvalue weighted by Gasteiger charge is 2.30.